The van der Waals surface area contributed by atoms with Crippen molar-refractivity contribution in [2.45, 2.75) is 50.7 Å². The van der Waals surface area contributed by atoms with Gasteiger partial charge in [0.15, 0.2) is 0 Å². The van der Waals surface area contributed by atoms with Crippen molar-refractivity contribution in [3.05, 3.63) is 0 Å². The first-order valence-corrected chi connectivity index (χ1v) is 7.36. The Labute approximate surface area is 113 Å². The number of rotatable bonds is 3. The topological polar surface area (TPSA) is 60.9 Å². The minimum absolute atomic E-state index is 0.0321. The van der Waals surface area contributed by atoms with Gasteiger partial charge in [-0.1, -0.05) is 6.92 Å². The van der Waals surface area contributed by atoms with E-state index < -0.39 is 5.60 Å². The Bertz CT molecular complexity index is 399. The number of hydrogen-bond donors (Lipinski definition) is 1. The molecule has 19 heavy (non-hydrogen) atoms. The zero-order valence-corrected chi connectivity index (χ0v) is 11.5. The van der Waals surface area contributed by atoms with Gasteiger partial charge in [-0.2, -0.15) is 0 Å². The lowest BCUT2D eigenvalue weighted by Crippen LogP contribution is -2.65. The molecule has 0 aromatic heterocycles. The summed E-state index contributed by atoms with van der Waals surface area (Å²) in [4.78, 5) is 28.0. The molecule has 2 saturated heterocycles. The Morgan fingerprint density at radius 2 is 1.89 bits per heavy atom. The van der Waals surface area contributed by atoms with Gasteiger partial charge in [-0.05, 0) is 32.1 Å². The summed E-state index contributed by atoms with van der Waals surface area (Å²) in [6.45, 7) is 3.49. The van der Waals surface area contributed by atoms with Crippen molar-refractivity contribution in [1.82, 2.24) is 9.80 Å². The zero-order valence-electron chi connectivity index (χ0n) is 11.5. The van der Waals surface area contributed by atoms with Crippen molar-refractivity contribution < 1.29 is 14.7 Å². The molecule has 0 spiro atoms. The molecule has 0 aromatic carbocycles. The lowest BCUT2D eigenvalue weighted by atomic mass is 9.90. The fraction of sp³-hybridized carbons (Fsp3) is 0.857. The molecule has 1 N–H and O–H groups in total. The third-order valence-corrected chi connectivity index (χ3v) is 4.69. The summed E-state index contributed by atoms with van der Waals surface area (Å²) in [5, 5.41) is 9.98. The minimum Gasteiger partial charge on any atom is -0.386 e. The third kappa shape index (κ3) is 2.24. The fourth-order valence-electron chi connectivity index (χ4n) is 3.11. The molecule has 2 amide bonds. The summed E-state index contributed by atoms with van der Waals surface area (Å²) in [6, 6.07) is -0.269. The Morgan fingerprint density at radius 1 is 1.21 bits per heavy atom. The first-order valence-electron chi connectivity index (χ1n) is 7.36. The predicted octanol–water partition coefficient (Wildman–Crippen LogP) is 0.371. The first-order chi connectivity index (χ1) is 9.04. The molecule has 5 nitrogen and oxygen atoms in total. The normalized spacial score (nSPS) is 29.3. The van der Waals surface area contributed by atoms with Crippen LogP contribution >= 0.6 is 0 Å². The fourth-order valence-corrected chi connectivity index (χ4v) is 3.11. The second-order valence-corrected chi connectivity index (χ2v) is 6.24. The van der Waals surface area contributed by atoms with E-state index in [1.165, 1.54) is 0 Å². The van der Waals surface area contributed by atoms with E-state index in [0.29, 0.717) is 19.5 Å². The van der Waals surface area contributed by atoms with Gasteiger partial charge in [0.05, 0.1) is 18.7 Å². The molecule has 1 unspecified atom stereocenters. The van der Waals surface area contributed by atoms with E-state index in [2.05, 4.69) is 0 Å². The second kappa shape index (κ2) is 4.47. The molecule has 2 heterocycles. The molecule has 106 valence electrons. The molecule has 3 aliphatic rings. The van der Waals surface area contributed by atoms with Crippen LogP contribution in [0.15, 0.2) is 0 Å². The lowest BCUT2D eigenvalue weighted by molar-refractivity contribution is -0.162. The van der Waals surface area contributed by atoms with Crippen molar-refractivity contribution >= 4 is 11.8 Å². The number of carbonyl (C=O) groups is 2. The first kappa shape index (κ1) is 12.9. The Morgan fingerprint density at radius 3 is 2.47 bits per heavy atom. The maximum atomic E-state index is 12.4. The lowest BCUT2D eigenvalue weighted by Gasteiger charge is -2.47. The van der Waals surface area contributed by atoms with Crippen LogP contribution in [-0.4, -0.2) is 58.0 Å². The SMILES string of the molecule is CCC1(O)CN(C(=O)C2CCCN2C(=O)C2CC2)C1. The summed E-state index contributed by atoms with van der Waals surface area (Å²) < 4.78 is 0. The second-order valence-electron chi connectivity index (χ2n) is 6.24. The van der Waals surface area contributed by atoms with E-state index in [9.17, 15) is 14.7 Å². The van der Waals surface area contributed by atoms with E-state index in [1.807, 2.05) is 6.92 Å². The molecule has 5 heteroatoms. The molecule has 3 fully saturated rings. The van der Waals surface area contributed by atoms with Crippen LogP contribution in [0, 0.1) is 5.92 Å². The van der Waals surface area contributed by atoms with Gasteiger partial charge in [-0.25, -0.2) is 0 Å². The number of nitrogens with zero attached hydrogens (tertiary/aromatic N) is 2. The zero-order chi connectivity index (χ0) is 13.6. The van der Waals surface area contributed by atoms with E-state index in [1.54, 1.807) is 9.80 Å². The van der Waals surface area contributed by atoms with Crippen molar-refractivity contribution in [2.24, 2.45) is 5.92 Å². The van der Waals surface area contributed by atoms with Crippen LogP contribution < -0.4 is 0 Å². The van der Waals surface area contributed by atoms with Crippen molar-refractivity contribution in [3.63, 3.8) is 0 Å². The predicted molar refractivity (Wildman–Crippen MR) is 69.3 cm³/mol. The van der Waals surface area contributed by atoms with E-state index in [0.717, 1.165) is 32.2 Å². The van der Waals surface area contributed by atoms with E-state index in [4.69, 9.17) is 0 Å². The molecule has 3 rings (SSSR count). The molecule has 0 radical (unpaired) electrons. The summed E-state index contributed by atoms with van der Waals surface area (Å²) in [5.74, 6) is 0.379. The average molecular weight is 266 g/mol. The van der Waals surface area contributed by atoms with Gasteiger partial charge in [0.1, 0.15) is 6.04 Å². The molecule has 1 aliphatic carbocycles. The minimum atomic E-state index is -0.695. The van der Waals surface area contributed by atoms with Gasteiger partial charge >= 0.3 is 0 Å². The summed E-state index contributed by atoms with van der Waals surface area (Å²) in [6.07, 6.45) is 4.33. The van der Waals surface area contributed by atoms with Crippen molar-refractivity contribution in [2.75, 3.05) is 19.6 Å². The highest BCUT2D eigenvalue weighted by molar-refractivity contribution is 5.90. The summed E-state index contributed by atoms with van der Waals surface area (Å²) in [7, 11) is 0. The third-order valence-electron chi connectivity index (χ3n) is 4.69. The van der Waals surface area contributed by atoms with Gasteiger partial charge in [0.2, 0.25) is 11.8 Å². The summed E-state index contributed by atoms with van der Waals surface area (Å²) >= 11 is 0. The quantitative estimate of drug-likeness (QED) is 0.803. The maximum Gasteiger partial charge on any atom is 0.245 e. The Balaban J connectivity index is 1.61. The summed E-state index contributed by atoms with van der Waals surface area (Å²) in [5.41, 5.74) is -0.695. The maximum absolute atomic E-state index is 12.4. The van der Waals surface area contributed by atoms with Gasteiger partial charge < -0.3 is 14.9 Å². The number of carbonyl (C=O) groups excluding carboxylic acids is 2. The van der Waals surface area contributed by atoms with Crippen LogP contribution in [0.5, 0.6) is 0 Å². The molecule has 0 aromatic rings. The van der Waals surface area contributed by atoms with Crippen LogP contribution in [0.4, 0.5) is 0 Å². The highest BCUT2D eigenvalue weighted by Crippen LogP contribution is 2.35. The molecule has 2 aliphatic heterocycles. The largest absolute Gasteiger partial charge is 0.386 e. The van der Waals surface area contributed by atoms with Crippen LogP contribution in [0.1, 0.15) is 39.0 Å². The monoisotopic (exact) mass is 266 g/mol. The van der Waals surface area contributed by atoms with Crippen LogP contribution in [0.2, 0.25) is 0 Å². The Hall–Kier alpha value is -1.10. The van der Waals surface area contributed by atoms with E-state index in [-0.39, 0.29) is 23.8 Å². The molecule has 0 bridgehead atoms. The average Bonchev–Trinajstić information content (AvgIpc) is 3.10. The van der Waals surface area contributed by atoms with Crippen molar-refractivity contribution in [1.29, 1.82) is 0 Å². The van der Waals surface area contributed by atoms with Gasteiger partial charge in [0.25, 0.3) is 0 Å². The number of hydrogen-bond acceptors (Lipinski definition) is 3. The number of amides is 2. The van der Waals surface area contributed by atoms with Crippen LogP contribution in [0.25, 0.3) is 0 Å². The number of aliphatic hydroxyl groups is 1. The molecular weight excluding hydrogens is 244 g/mol. The van der Waals surface area contributed by atoms with E-state index >= 15 is 0 Å². The molecular formula is C14H22N2O3. The number of β-amino-alcohol motifs (C(OH)–C–C–N with tert-alkyl or cyclic N) is 1. The van der Waals surface area contributed by atoms with Crippen LogP contribution in [0.3, 0.4) is 0 Å². The van der Waals surface area contributed by atoms with Gasteiger partial charge in [-0.3, -0.25) is 9.59 Å². The van der Waals surface area contributed by atoms with Crippen molar-refractivity contribution in [3.8, 4) is 0 Å². The Kier molecular flexibility index (Phi) is 3.04. The highest BCUT2D eigenvalue weighted by atomic mass is 16.3. The van der Waals surface area contributed by atoms with Gasteiger partial charge in [-0.15, -0.1) is 0 Å². The highest BCUT2D eigenvalue weighted by Gasteiger charge is 2.47. The number of likely N-dealkylation sites (tertiary alicyclic amines) is 2. The standard InChI is InChI=1S/C14H22N2O3/c1-2-14(19)8-15(9-14)13(18)11-4-3-7-16(11)12(17)10-5-6-10/h10-11,19H,2-9H2,1H3. The van der Waals surface area contributed by atoms with Gasteiger partial charge in [0, 0.05) is 12.5 Å². The molecule has 1 atom stereocenters. The van der Waals surface area contributed by atoms with Crippen LogP contribution in [-0.2, 0) is 9.59 Å². The smallest absolute Gasteiger partial charge is 0.245 e. The molecule has 1 saturated carbocycles.